The zero-order valence-corrected chi connectivity index (χ0v) is 10.8. The lowest BCUT2D eigenvalue weighted by Gasteiger charge is -2.13. The van der Waals surface area contributed by atoms with Crippen LogP contribution in [0.5, 0.6) is 5.75 Å². The Morgan fingerprint density at radius 2 is 1.78 bits per heavy atom. The van der Waals surface area contributed by atoms with Crippen molar-refractivity contribution in [3.8, 4) is 5.75 Å². The third kappa shape index (κ3) is 2.71. The van der Waals surface area contributed by atoms with Crippen LogP contribution in [0.3, 0.4) is 0 Å². The normalized spacial score (nSPS) is 12.2. The number of hydrogen-bond donors (Lipinski definition) is 1. The van der Waals surface area contributed by atoms with Crippen molar-refractivity contribution in [3.05, 3.63) is 65.2 Å². The second-order valence-corrected chi connectivity index (χ2v) is 4.27. The van der Waals surface area contributed by atoms with Crippen LogP contribution in [0.4, 0.5) is 0 Å². The van der Waals surface area contributed by atoms with Crippen LogP contribution in [-0.2, 0) is 6.42 Å². The molecule has 0 aromatic heterocycles. The maximum Gasteiger partial charge on any atom is 0.119 e. The molecule has 2 rings (SSSR count). The van der Waals surface area contributed by atoms with Gasteiger partial charge in [0.2, 0.25) is 0 Å². The van der Waals surface area contributed by atoms with Crippen molar-refractivity contribution in [3.63, 3.8) is 0 Å². The van der Waals surface area contributed by atoms with Gasteiger partial charge in [0.1, 0.15) is 11.9 Å². The average Bonchev–Trinajstić information content (AvgIpc) is 2.46. The van der Waals surface area contributed by atoms with E-state index in [0.717, 1.165) is 23.3 Å². The summed E-state index contributed by atoms with van der Waals surface area (Å²) in [6.45, 7) is 2.12. The van der Waals surface area contributed by atoms with Crippen molar-refractivity contribution in [2.75, 3.05) is 7.11 Å². The van der Waals surface area contributed by atoms with Crippen LogP contribution in [0.15, 0.2) is 48.5 Å². The molecule has 0 bridgehead atoms. The molecule has 0 heterocycles. The summed E-state index contributed by atoms with van der Waals surface area (Å²) in [7, 11) is 1.63. The van der Waals surface area contributed by atoms with Gasteiger partial charge in [-0.3, -0.25) is 0 Å². The van der Waals surface area contributed by atoms with Crippen molar-refractivity contribution in [1.29, 1.82) is 0 Å². The molecule has 94 valence electrons. The SMILES string of the molecule is CCc1ccc(C(O)c2cccc(OC)c2)cc1. The zero-order chi connectivity index (χ0) is 13.0. The molecule has 2 heteroatoms. The number of rotatable bonds is 4. The van der Waals surface area contributed by atoms with Crippen molar-refractivity contribution in [2.24, 2.45) is 0 Å². The maximum atomic E-state index is 10.3. The molecule has 0 spiro atoms. The van der Waals surface area contributed by atoms with Crippen molar-refractivity contribution < 1.29 is 9.84 Å². The summed E-state index contributed by atoms with van der Waals surface area (Å²) in [5.41, 5.74) is 3.02. The molecule has 0 saturated carbocycles. The highest BCUT2D eigenvalue weighted by molar-refractivity contribution is 5.36. The Morgan fingerprint density at radius 1 is 1.06 bits per heavy atom. The van der Waals surface area contributed by atoms with E-state index in [2.05, 4.69) is 19.1 Å². The second kappa shape index (κ2) is 5.69. The minimum atomic E-state index is -0.606. The van der Waals surface area contributed by atoms with Crippen LogP contribution < -0.4 is 4.74 Å². The molecule has 0 saturated heterocycles. The van der Waals surface area contributed by atoms with Crippen molar-refractivity contribution in [2.45, 2.75) is 19.4 Å². The quantitative estimate of drug-likeness (QED) is 0.891. The van der Waals surface area contributed by atoms with Crippen LogP contribution in [0.25, 0.3) is 0 Å². The highest BCUT2D eigenvalue weighted by Gasteiger charge is 2.10. The Kier molecular flexibility index (Phi) is 4.00. The molecular formula is C16H18O2. The topological polar surface area (TPSA) is 29.5 Å². The van der Waals surface area contributed by atoms with Gasteiger partial charge in [-0.25, -0.2) is 0 Å². The molecule has 0 fully saturated rings. The van der Waals surface area contributed by atoms with Crippen LogP contribution in [0, 0.1) is 0 Å². The van der Waals surface area contributed by atoms with E-state index in [4.69, 9.17) is 4.74 Å². The monoisotopic (exact) mass is 242 g/mol. The zero-order valence-electron chi connectivity index (χ0n) is 10.8. The average molecular weight is 242 g/mol. The minimum Gasteiger partial charge on any atom is -0.497 e. The molecule has 0 aliphatic heterocycles. The summed E-state index contributed by atoms with van der Waals surface area (Å²) >= 11 is 0. The van der Waals surface area contributed by atoms with E-state index in [1.165, 1.54) is 5.56 Å². The van der Waals surface area contributed by atoms with E-state index in [1.54, 1.807) is 7.11 Å². The third-order valence-corrected chi connectivity index (χ3v) is 3.11. The summed E-state index contributed by atoms with van der Waals surface area (Å²) < 4.78 is 5.17. The van der Waals surface area contributed by atoms with Crippen LogP contribution in [-0.4, -0.2) is 12.2 Å². The number of aryl methyl sites for hydroxylation is 1. The van der Waals surface area contributed by atoms with Gasteiger partial charge in [-0.15, -0.1) is 0 Å². The largest absolute Gasteiger partial charge is 0.497 e. The highest BCUT2D eigenvalue weighted by atomic mass is 16.5. The molecule has 0 radical (unpaired) electrons. The molecule has 1 atom stereocenters. The van der Waals surface area contributed by atoms with Gasteiger partial charge in [0, 0.05) is 0 Å². The fourth-order valence-electron chi connectivity index (χ4n) is 1.94. The molecule has 1 N–H and O–H groups in total. The number of aliphatic hydroxyl groups is 1. The molecule has 18 heavy (non-hydrogen) atoms. The Balaban J connectivity index is 2.25. The standard InChI is InChI=1S/C16H18O2/c1-3-12-7-9-13(10-8-12)16(17)14-5-4-6-15(11-14)18-2/h4-11,16-17H,3H2,1-2H3. The van der Waals surface area contributed by atoms with Gasteiger partial charge >= 0.3 is 0 Å². The Morgan fingerprint density at radius 3 is 2.39 bits per heavy atom. The minimum absolute atomic E-state index is 0.606. The molecule has 2 nitrogen and oxygen atoms in total. The number of aliphatic hydroxyl groups excluding tert-OH is 1. The van der Waals surface area contributed by atoms with Crippen LogP contribution >= 0.6 is 0 Å². The number of hydrogen-bond acceptors (Lipinski definition) is 2. The summed E-state index contributed by atoms with van der Waals surface area (Å²) in [5, 5.41) is 10.3. The first-order valence-corrected chi connectivity index (χ1v) is 6.15. The van der Waals surface area contributed by atoms with E-state index >= 15 is 0 Å². The lowest BCUT2D eigenvalue weighted by Crippen LogP contribution is -2.00. The van der Waals surface area contributed by atoms with Gasteiger partial charge in [0.05, 0.1) is 7.11 Å². The number of benzene rings is 2. The smallest absolute Gasteiger partial charge is 0.119 e. The molecule has 0 amide bonds. The lowest BCUT2D eigenvalue weighted by atomic mass is 10.00. The molecule has 2 aromatic rings. The predicted molar refractivity (Wildman–Crippen MR) is 72.9 cm³/mol. The Bertz CT molecular complexity index is 503. The van der Waals surface area contributed by atoms with Crippen molar-refractivity contribution in [1.82, 2.24) is 0 Å². The lowest BCUT2D eigenvalue weighted by molar-refractivity contribution is 0.220. The van der Waals surface area contributed by atoms with E-state index < -0.39 is 6.10 Å². The molecule has 2 aromatic carbocycles. The molecule has 1 unspecified atom stereocenters. The van der Waals surface area contributed by atoms with Gasteiger partial charge in [-0.05, 0) is 35.2 Å². The van der Waals surface area contributed by atoms with E-state index in [0.29, 0.717) is 0 Å². The summed E-state index contributed by atoms with van der Waals surface area (Å²) in [4.78, 5) is 0. The maximum absolute atomic E-state index is 10.3. The van der Waals surface area contributed by atoms with Gasteiger partial charge in [0.25, 0.3) is 0 Å². The van der Waals surface area contributed by atoms with E-state index in [1.807, 2.05) is 36.4 Å². The summed E-state index contributed by atoms with van der Waals surface area (Å²) in [6, 6.07) is 15.6. The third-order valence-electron chi connectivity index (χ3n) is 3.11. The van der Waals surface area contributed by atoms with Crippen LogP contribution in [0.2, 0.25) is 0 Å². The first kappa shape index (κ1) is 12.7. The summed E-state index contributed by atoms with van der Waals surface area (Å²) in [5.74, 6) is 0.761. The van der Waals surface area contributed by atoms with E-state index in [-0.39, 0.29) is 0 Å². The fraction of sp³-hybridized carbons (Fsp3) is 0.250. The predicted octanol–water partition coefficient (Wildman–Crippen LogP) is 3.34. The molecule has 0 aliphatic rings. The van der Waals surface area contributed by atoms with Gasteiger partial charge in [-0.1, -0.05) is 43.3 Å². The van der Waals surface area contributed by atoms with Gasteiger partial charge < -0.3 is 9.84 Å². The van der Waals surface area contributed by atoms with Gasteiger partial charge in [-0.2, -0.15) is 0 Å². The molecular weight excluding hydrogens is 224 g/mol. The van der Waals surface area contributed by atoms with Crippen LogP contribution in [0.1, 0.15) is 29.7 Å². The van der Waals surface area contributed by atoms with Crippen molar-refractivity contribution >= 4 is 0 Å². The number of methoxy groups -OCH3 is 1. The first-order valence-electron chi connectivity index (χ1n) is 6.15. The van der Waals surface area contributed by atoms with E-state index in [9.17, 15) is 5.11 Å². The Hall–Kier alpha value is -1.80. The highest BCUT2D eigenvalue weighted by Crippen LogP contribution is 2.25. The van der Waals surface area contributed by atoms with Gasteiger partial charge in [0.15, 0.2) is 0 Å². The molecule has 0 aliphatic carbocycles. The summed E-state index contributed by atoms with van der Waals surface area (Å²) in [6.07, 6.45) is 0.404. The second-order valence-electron chi connectivity index (χ2n) is 4.27. The number of ether oxygens (including phenoxy) is 1. The Labute approximate surface area is 108 Å². The fourth-order valence-corrected chi connectivity index (χ4v) is 1.94. The first-order chi connectivity index (χ1) is 8.74.